The summed E-state index contributed by atoms with van der Waals surface area (Å²) < 4.78 is 5.05. The number of nitrogens with one attached hydrogen (secondary N) is 2. The molecule has 5 heteroatoms. The first-order valence-corrected chi connectivity index (χ1v) is 8.47. The molecule has 0 spiro atoms. The molecule has 0 radical (unpaired) electrons. The van der Waals surface area contributed by atoms with Crippen LogP contribution in [0.25, 0.3) is 0 Å². The summed E-state index contributed by atoms with van der Waals surface area (Å²) in [5, 5.41) is 6.74. The smallest absolute Gasteiger partial charge is 0.135 e. The molecule has 0 aliphatic heterocycles. The third-order valence-corrected chi connectivity index (χ3v) is 3.91. The zero-order valence-electron chi connectivity index (χ0n) is 15.3. The first kappa shape index (κ1) is 18.2. The van der Waals surface area contributed by atoms with Crippen molar-refractivity contribution in [1.82, 2.24) is 9.97 Å². The molecule has 0 aliphatic rings. The predicted octanol–water partition coefficient (Wildman–Crippen LogP) is 4.53. The van der Waals surface area contributed by atoms with Crippen LogP contribution in [-0.2, 0) is 4.74 Å². The number of nitrogens with zero attached hydrogens (tertiary/aromatic N) is 2. The maximum atomic E-state index is 5.05. The van der Waals surface area contributed by atoms with Crippen molar-refractivity contribution < 1.29 is 4.74 Å². The summed E-state index contributed by atoms with van der Waals surface area (Å²) in [4.78, 5) is 8.62. The Kier molecular flexibility index (Phi) is 6.55. The Balaban J connectivity index is 2.28. The zero-order valence-corrected chi connectivity index (χ0v) is 15.3. The van der Waals surface area contributed by atoms with Gasteiger partial charge in [0.05, 0.1) is 6.61 Å². The van der Waals surface area contributed by atoms with Crippen molar-refractivity contribution in [3.63, 3.8) is 0 Å². The molecule has 1 heterocycles. The summed E-state index contributed by atoms with van der Waals surface area (Å²) in [7, 11) is 1.69. The van der Waals surface area contributed by atoms with Crippen LogP contribution < -0.4 is 10.6 Å². The minimum Gasteiger partial charge on any atom is -0.383 e. The van der Waals surface area contributed by atoms with Crippen LogP contribution in [0.15, 0.2) is 30.6 Å². The molecule has 0 saturated heterocycles. The molecule has 2 rings (SSSR count). The van der Waals surface area contributed by atoms with Crippen LogP contribution >= 0.6 is 0 Å². The lowest BCUT2D eigenvalue weighted by atomic mass is 9.92. The van der Waals surface area contributed by atoms with Crippen molar-refractivity contribution in [1.29, 1.82) is 0 Å². The predicted molar refractivity (Wildman–Crippen MR) is 100 cm³/mol. The van der Waals surface area contributed by atoms with Gasteiger partial charge in [-0.3, -0.25) is 0 Å². The Hall–Kier alpha value is -2.14. The van der Waals surface area contributed by atoms with E-state index in [0.717, 1.165) is 17.3 Å². The van der Waals surface area contributed by atoms with Gasteiger partial charge in [0.25, 0.3) is 0 Å². The van der Waals surface area contributed by atoms with Crippen molar-refractivity contribution in [3.8, 4) is 0 Å². The van der Waals surface area contributed by atoms with E-state index in [1.807, 2.05) is 6.07 Å². The Morgan fingerprint density at radius 1 is 1.00 bits per heavy atom. The van der Waals surface area contributed by atoms with E-state index in [1.165, 1.54) is 11.1 Å². The lowest BCUT2D eigenvalue weighted by Gasteiger charge is -2.20. The van der Waals surface area contributed by atoms with E-state index in [9.17, 15) is 0 Å². The highest BCUT2D eigenvalue weighted by molar-refractivity contribution is 5.67. The number of hydrogen-bond acceptors (Lipinski definition) is 5. The van der Waals surface area contributed by atoms with Crippen molar-refractivity contribution in [2.45, 2.75) is 39.5 Å². The molecule has 0 amide bonds. The van der Waals surface area contributed by atoms with Gasteiger partial charge in [-0.2, -0.15) is 0 Å². The van der Waals surface area contributed by atoms with E-state index >= 15 is 0 Å². The number of anilines is 3. The van der Waals surface area contributed by atoms with Gasteiger partial charge in [-0.05, 0) is 23.0 Å². The first-order chi connectivity index (χ1) is 11.5. The number of benzene rings is 1. The molecule has 0 aliphatic carbocycles. The molecule has 24 heavy (non-hydrogen) atoms. The van der Waals surface area contributed by atoms with Crippen molar-refractivity contribution >= 4 is 17.3 Å². The summed E-state index contributed by atoms with van der Waals surface area (Å²) >= 11 is 0. The van der Waals surface area contributed by atoms with Gasteiger partial charge in [-0.25, -0.2) is 9.97 Å². The molecular formula is C19H28N4O. The second-order valence-corrected chi connectivity index (χ2v) is 6.45. The van der Waals surface area contributed by atoms with Gasteiger partial charge in [0, 0.05) is 25.4 Å². The van der Waals surface area contributed by atoms with E-state index < -0.39 is 0 Å². The number of para-hydroxylation sites is 1. The Labute approximate surface area is 144 Å². The number of rotatable bonds is 8. The normalized spacial score (nSPS) is 11.1. The Morgan fingerprint density at radius 3 is 2.21 bits per heavy atom. The SMILES string of the molecule is COCCNc1cc(Nc2c(C(C)C)cccc2C(C)C)ncn1. The summed E-state index contributed by atoms with van der Waals surface area (Å²) in [6, 6.07) is 8.42. The highest BCUT2D eigenvalue weighted by Crippen LogP contribution is 2.34. The third-order valence-electron chi connectivity index (χ3n) is 3.91. The quantitative estimate of drug-likeness (QED) is 0.697. The molecular weight excluding hydrogens is 300 g/mol. The summed E-state index contributed by atoms with van der Waals surface area (Å²) in [5.41, 5.74) is 3.76. The van der Waals surface area contributed by atoms with Gasteiger partial charge in [0.1, 0.15) is 18.0 Å². The number of hydrogen-bond donors (Lipinski definition) is 2. The maximum Gasteiger partial charge on any atom is 0.135 e. The second kappa shape index (κ2) is 8.64. The molecule has 0 fully saturated rings. The molecule has 0 saturated carbocycles. The minimum atomic E-state index is 0.437. The van der Waals surface area contributed by atoms with Gasteiger partial charge in [-0.1, -0.05) is 45.9 Å². The number of ether oxygens (including phenoxy) is 1. The average molecular weight is 328 g/mol. The van der Waals surface area contributed by atoms with Crippen LogP contribution in [0.1, 0.15) is 50.7 Å². The lowest BCUT2D eigenvalue weighted by Crippen LogP contribution is -2.10. The molecule has 2 N–H and O–H groups in total. The van der Waals surface area contributed by atoms with Gasteiger partial charge in [-0.15, -0.1) is 0 Å². The third kappa shape index (κ3) is 4.68. The van der Waals surface area contributed by atoms with E-state index in [0.29, 0.717) is 25.0 Å². The van der Waals surface area contributed by atoms with Crippen LogP contribution in [0.5, 0.6) is 0 Å². The molecule has 1 aromatic heterocycles. The van der Waals surface area contributed by atoms with Crippen molar-refractivity contribution in [2.24, 2.45) is 0 Å². The van der Waals surface area contributed by atoms with Crippen LogP contribution in [0.4, 0.5) is 17.3 Å². The van der Waals surface area contributed by atoms with Gasteiger partial charge in [0.15, 0.2) is 0 Å². The molecule has 1 aromatic carbocycles. The van der Waals surface area contributed by atoms with Crippen LogP contribution in [0.2, 0.25) is 0 Å². The summed E-state index contributed by atoms with van der Waals surface area (Å²) in [5.74, 6) is 2.46. The van der Waals surface area contributed by atoms with E-state index in [1.54, 1.807) is 13.4 Å². The highest BCUT2D eigenvalue weighted by Gasteiger charge is 2.14. The molecule has 2 aromatic rings. The topological polar surface area (TPSA) is 59.1 Å². The van der Waals surface area contributed by atoms with Gasteiger partial charge < -0.3 is 15.4 Å². The molecule has 5 nitrogen and oxygen atoms in total. The average Bonchev–Trinajstić information content (AvgIpc) is 2.55. The van der Waals surface area contributed by atoms with Crippen molar-refractivity contribution in [3.05, 3.63) is 41.7 Å². The fourth-order valence-electron chi connectivity index (χ4n) is 2.63. The Morgan fingerprint density at radius 2 is 1.62 bits per heavy atom. The first-order valence-electron chi connectivity index (χ1n) is 8.47. The van der Waals surface area contributed by atoms with Crippen LogP contribution in [-0.4, -0.2) is 30.2 Å². The van der Waals surface area contributed by atoms with Crippen molar-refractivity contribution in [2.75, 3.05) is 30.9 Å². The van der Waals surface area contributed by atoms with Gasteiger partial charge in [0.2, 0.25) is 0 Å². The highest BCUT2D eigenvalue weighted by atomic mass is 16.5. The molecule has 0 unspecified atom stereocenters. The fourth-order valence-corrected chi connectivity index (χ4v) is 2.63. The Bertz CT molecular complexity index is 629. The second-order valence-electron chi connectivity index (χ2n) is 6.45. The monoisotopic (exact) mass is 328 g/mol. The minimum absolute atomic E-state index is 0.437. The molecule has 0 atom stereocenters. The lowest BCUT2D eigenvalue weighted by molar-refractivity contribution is 0.210. The fraction of sp³-hybridized carbons (Fsp3) is 0.474. The largest absolute Gasteiger partial charge is 0.383 e. The maximum absolute atomic E-state index is 5.05. The molecule has 0 bridgehead atoms. The van der Waals surface area contributed by atoms with E-state index in [-0.39, 0.29) is 0 Å². The zero-order chi connectivity index (χ0) is 17.5. The standard InChI is InChI=1S/C19H28N4O/c1-13(2)15-7-6-8-16(14(3)4)19(15)23-18-11-17(21-12-22-18)20-9-10-24-5/h6-8,11-14H,9-10H2,1-5H3,(H2,20,21,22,23). The number of aromatic nitrogens is 2. The summed E-state index contributed by atoms with van der Waals surface area (Å²) in [6.45, 7) is 10.2. The number of methoxy groups -OCH3 is 1. The van der Waals surface area contributed by atoms with E-state index in [4.69, 9.17) is 4.74 Å². The van der Waals surface area contributed by atoms with Gasteiger partial charge >= 0.3 is 0 Å². The summed E-state index contributed by atoms with van der Waals surface area (Å²) in [6.07, 6.45) is 1.57. The van der Waals surface area contributed by atoms with Crippen LogP contribution in [0.3, 0.4) is 0 Å². The van der Waals surface area contributed by atoms with Crippen LogP contribution in [0, 0.1) is 0 Å². The van der Waals surface area contributed by atoms with E-state index in [2.05, 4.69) is 66.5 Å². The molecule has 130 valence electrons.